The van der Waals surface area contributed by atoms with Crippen LogP contribution in [-0.2, 0) is 6.54 Å². The van der Waals surface area contributed by atoms with Gasteiger partial charge in [-0.25, -0.2) is 0 Å². The van der Waals surface area contributed by atoms with Crippen LogP contribution in [0.15, 0.2) is 42.6 Å². The van der Waals surface area contributed by atoms with Crippen molar-refractivity contribution in [1.82, 2.24) is 9.88 Å². The smallest absolute Gasteiger partial charge is 0.124 e. The molecule has 25 heavy (non-hydrogen) atoms. The van der Waals surface area contributed by atoms with Gasteiger partial charge in [0.2, 0.25) is 0 Å². The second-order valence-corrected chi connectivity index (χ2v) is 6.08. The summed E-state index contributed by atoms with van der Waals surface area (Å²) in [5.41, 5.74) is 5.26. The topological polar surface area (TPSA) is 28.3 Å². The maximum absolute atomic E-state index is 5.61. The van der Waals surface area contributed by atoms with E-state index in [1.165, 1.54) is 34.0 Å². The van der Waals surface area contributed by atoms with Gasteiger partial charge in [0, 0.05) is 42.3 Å². The van der Waals surface area contributed by atoms with Crippen LogP contribution in [0.4, 0.5) is 0 Å². The molecule has 0 saturated heterocycles. The predicted octanol–water partition coefficient (Wildman–Crippen LogP) is 5.86. The third kappa shape index (κ3) is 5.50. The van der Waals surface area contributed by atoms with Crippen molar-refractivity contribution in [2.45, 2.75) is 47.6 Å². The molecule has 0 radical (unpaired) electrons. The van der Waals surface area contributed by atoms with E-state index >= 15 is 0 Å². The van der Waals surface area contributed by atoms with E-state index in [0.29, 0.717) is 0 Å². The molecule has 3 heteroatoms. The summed E-state index contributed by atoms with van der Waals surface area (Å²) < 4.78 is 5.61. The number of allylic oxidation sites excluding steroid dienone is 1. The summed E-state index contributed by atoms with van der Waals surface area (Å²) in [4.78, 5) is 5.82. The van der Waals surface area contributed by atoms with E-state index in [1.54, 1.807) is 13.2 Å². The van der Waals surface area contributed by atoms with Crippen LogP contribution in [0, 0.1) is 6.92 Å². The Kier molecular flexibility index (Phi) is 9.07. The number of hydrogen-bond donors (Lipinski definition) is 1. The highest BCUT2D eigenvalue weighted by Crippen LogP contribution is 2.32. The van der Waals surface area contributed by atoms with Crippen molar-refractivity contribution in [2.24, 2.45) is 0 Å². The first-order valence-corrected chi connectivity index (χ1v) is 9.19. The Balaban J connectivity index is 0.000000567. The van der Waals surface area contributed by atoms with Gasteiger partial charge < -0.3 is 9.72 Å². The maximum Gasteiger partial charge on any atom is 0.124 e. The minimum Gasteiger partial charge on any atom is -0.496 e. The second-order valence-electron chi connectivity index (χ2n) is 6.08. The van der Waals surface area contributed by atoms with Crippen LogP contribution in [0.25, 0.3) is 10.9 Å². The van der Waals surface area contributed by atoms with Gasteiger partial charge in [0.05, 0.1) is 7.11 Å². The lowest BCUT2D eigenvalue weighted by molar-refractivity contribution is 0.281. The lowest BCUT2D eigenvalue weighted by Crippen LogP contribution is -2.28. The summed E-state index contributed by atoms with van der Waals surface area (Å²) >= 11 is 0. The van der Waals surface area contributed by atoms with Crippen LogP contribution in [0.3, 0.4) is 0 Å². The number of aromatic nitrogens is 1. The molecule has 2 heterocycles. The van der Waals surface area contributed by atoms with Crippen molar-refractivity contribution < 1.29 is 4.74 Å². The standard InChI is InChI=1S/C17H22N2O.C3H6.C2H6/c1-12-5-8-19(9-6-12)11-15-14-4-7-18-17(14)13(2)10-16(15)20-3;1-3-2;1-2/h4-5,7,10,18H,6,8-9,11H2,1-3H3;3H,1H2,2H3;1-2H3. The lowest BCUT2D eigenvalue weighted by atomic mass is 10.0. The van der Waals surface area contributed by atoms with Gasteiger partial charge in [-0.3, -0.25) is 4.90 Å². The number of benzene rings is 1. The zero-order chi connectivity index (χ0) is 18.8. The highest BCUT2D eigenvalue weighted by molar-refractivity contribution is 5.88. The van der Waals surface area contributed by atoms with Crippen LogP contribution >= 0.6 is 0 Å². The Morgan fingerprint density at radius 2 is 2.00 bits per heavy atom. The summed E-state index contributed by atoms with van der Waals surface area (Å²) in [6, 6.07) is 4.30. The number of methoxy groups -OCH3 is 1. The van der Waals surface area contributed by atoms with Gasteiger partial charge in [-0.05, 0) is 44.9 Å². The molecule has 0 aliphatic carbocycles. The first-order chi connectivity index (χ1) is 12.1. The molecule has 3 nitrogen and oxygen atoms in total. The molecule has 0 unspecified atom stereocenters. The van der Waals surface area contributed by atoms with Gasteiger partial charge in [-0.15, -0.1) is 6.58 Å². The molecule has 0 spiro atoms. The molecule has 0 atom stereocenters. The van der Waals surface area contributed by atoms with E-state index in [9.17, 15) is 0 Å². The number of fused-ring (bicyclic) bond motifs is 1. The minimum absolute atomic E-state index is 0.946. The second kappa shape index (κ2) is 10.8. The fourth-order valence-electron chi connectivity index (χ4n) is 2.96. The Labute approximate surface area is 153 Å². The predicted molar refractivity (Wildman–Crippen MR) is 110 cm³/mol. The van der Waals surface area contributed by atoms with Crippen molar-refractivity contribution in [3.05, 3.63) is 53.8 Å². The molecular formula is C22H34N2O. The lowest BCUT2D eigenvalue weighted by Gasteiger charge is -2.26. The van der Waals surface area contributed by atoms with Gasteiger partial charge in [0.25, 0.3) is 0 Å². The average Bonchev–Trinajstić information content (AvgIpc) is 3.12. The minimum atomic E-state index is 0.946. The third-order valence-electron chi connectivity index (χ3n) is 4.23. The van der Waals surface area contributed by atoms with Crippen LogP contribution in [0.2, 0.25) is 0 Å². The SMILES string of the molecule is C=CC.CC.COc1cc(C)c2[nH]ccc2c1CN1CC=C(C)CC1. The van der Waals surface area contributed by atoms with E-state index in [4.69, 9.17) is 4.74 Å². The average molecular weight is 343 g/mol. The Morgan fingerprint density at radius 3 is 2.56 bits per heavy atom. The van der Waals surface area contributed by atoms with Gasteiger partial charge in [-0.1, -0.05) is 31.6 Å². The van der Waals surface area contributed by atoms with Crippen LogP contribution in [-0.4, -0.2) is 30.1 Å². The molecule has 1 aromatic heterocycles. The number of nitrogens with zero attached hydrogens (tertiary/aromatic N) is 1. The van der Waals surface area contributed by atoms with Crippen LogP contribution < -0.4 is 4.74 Å². The summed E-state index contributed by atoms with van der Waals surface area (Å²) in [5.74, 6) is 1.00. The highest BCUT2D eigenvalue weighted by Gasteiger charge is 2.16. The number of H-pyrrole nitrogens is 1. The van der Waals surface area contributed by atoms with Crippen LogP contribution in [0.1, 0.15) is 45.2 Å². The number of nitrogens with one attached hydrogen (secondary N) is 1. The largest absolute Gasteiger partial charge is 0.496 e. The monoisotopic (exact) mass is 342 g/mol. The van der Waals surface area contributed by atoms with Gasteiger partial charge in [-0.2, -0.15) is 0 Å². The Morgan fingerprint density at radius 1 is 1.32 bits per heavy atom. The molecule has 0 amide bonds. The zero-order valence-corrected chi connectivity index (χ0v) is 16.8. The van der Waals surface area contributed by atoms with E-state index in [2.05, 4.69) is 48.5 Å². The van der Waals surface area contributed by atoms with Crippen molar-refractivity contribution in [3.63, 3.8) is 0 Å². The molecule has 2 aromatic rings. The third-order valence-corrected chi connectivity index (χ3v) is 4.23. The molecule has 138 valence electrons. The van der Waals surface area contributed by atoms with E-state index in [0.717, 1.165) is 25.4 Å². The summed E-state index contributed by atoms with van der Waals surface area (Å²) in [6.45, 7) is 16.7. The van der Waals surface area contributed by atoms with E-state index < -0.39 is 0 Å². The number of ether oxygens (including phenoxy) is 1. The summed E-state index contributed by atoms with van der Waals surface area (Å²) in [5, 5.41) is 1.29. The zero-order valence-electron chi connectivity index (χ0n) is 16.8. The van der Waals surface area contributed by atoms with E-state index in [1.807, 2.05) is 27.0 Å². The number of aromatic amines is 1. The number of rotatable bonds is 3. The van der Waals surface area contributed by atoms with Crippen molar-refractivity contribution in [2.75, 3.05) is 20.2 Å². The molecule has 0 bridgehead atoms. The quantitative estimate of drug-likeness (QED) is 0.708. The normalized spacial score (nSPS) is 13.9. The summed E-state index contributed by atoms with van der Waals surface area (Å²) in [6.07, 6.45) is 7.27. The van der Waals surface area contributed by atoms with Crippen molar-refractivity contribution in [1.29, 1.82) is 0 Å². The first-order valence-electron chi connectivity index (χ1n) is 9.19. The molecule has 1 aromatic carbocycles. The number of aryl methyl sites for hydroxylation is 1. The van der Waals surface area contributed by atoms with Gasteiger partial charge in [0.1, 0.15) is 5.75 Å². The van der Waals surface area contributed by atoms with Crippen molar-refractivity contribution >= 4 is 10.9 Å². The summed E-state index contributed by atoms with van der Waals surface area (Å²) in [7, 11) is 1.76. The number of hydrogen-bond acceptors (Lipinski definition) is 2. The molecule has 3 rings (SSSR count). The fraction of sp³-hybridized carbons (Fsp3) is 0.455. The molecule has 0 saturated carbocycles. The molecule has 1 N–H and O–H groups in total. The maximum atomic E-state index is 5.61. The Hall–Kier alpha value is -2.00. The van der Waals surface area contributed by atoms with Gasteiger partial charge >= 0.3 is 0 Å². The van der Waals surface area contributed by atoms with Gasteiger partial charge in [0.15, 0.2) is 0 Å². The fourth-order valence-corrected chi connectivity index (χ4v) is 2.96. The highest BCUT2D eigenvalue weighted by atomic mass is 16.5. The van der Waals surface area contributed by atoms with Crippen molar-refractivity contribution in [3.8, 4) is 5.75 Å². The molecular weight excluding hydrogens is 308 g/mol. The molecule has 1 aliphatic rings. The van der Waals surface area contributed by atoms with Crippen LogP contribution in [0.5, 0.6) is 5.75 Å². The first kappa shape index (κ1) is 21.0. The Bertz CT molecular complexity index is 697. The molecule has 0 fully saturated rings. The van der Waals surface area contributed by atoms with E-state index in [-0.39, 0.29) is 0 Å². The molecule has 1 aliphatic heterocycles.